The summed E-state index contributed by atoms with van der Waals surface area (Å²) in [6, 6.07) is 8.45. The van der Waals surface area contributed by atoms with Crippen molar-refractivity contribution in [2.45, 2.75) is 24.3 Å². The van der Waals surface area contributed by atoms with Gasteiger partial charge in [-0.15, -0.1) is 0 Å². The Morgan fingerprint density at radius 3 is 2.61 bits per heavy atom. The summed E-state index contributed by atoms with van der Waals surface area (Å²) in [5.74, 6) is 0. The van der Waals surface area contributed by atoms with Crippen LogP contribution in [0.3, 0.4) is 0 Å². The minimum Gasteiger partial charge on any atom is -0.265 e. The van der Waals surface area contributed by atoms with Crippen molar-refractivity contribution in [3.05, 3.63) is 48.3 Å². The molecule has 1 atom stereocenters. The number of rotatable bonds is 5. The molecule has 3 aromatic rings. The van der Waals surface area contributed by atoms with Crippen molar-refractivity contribution >= 4 is 32.8 Å². The molecule has 23 heavy (non-hydrogen) atoms. The Hall–Kier alpha value is -1.90. The normalized spacial score (nSPS) is 13.5. The molecule has 0 fully saturated rings. The summed E-state index contributed by atoms with van der Waals surface area (Å²) in [6.45, 7) is 1.96. The second-order valence-corrected chi connectivity index (χ2v) is 7.61. The van der Waals surface area contributed by atoms with Crippen LogP contribution < -0.4 is 0 Å². The van der Waals surface area contributed by atoms with Gasteiger partial charge in [0.15, 0.2) is 0 Å². The van der Waals surface area contributed by atoms with Crippen molar-refractivity contribution in [2.24, 2.45) is 0 Å². The zero-order valence-corrected chi connectivity index (χ0v) is 14.4. The lowest BCUT2D eigenvalue weighted by molar-refractivity contribution is 0.367. The largest absolute Gasteiger partial charge is 0.265 e. The third kappa shape index (κ3) is 2.85. The first kappa shape index (κ1) is 16.0. The molecule has 1 unspecified atom stereocenters. The molecule has 120 valence electrons. The predicted octanol–water partition coefficient (Wildman–Crippen LogP) is 2.86. The molecule has 0 saturated heterocycles. The summed E-state index contributed by atoms with van der Waals surface area (Å²) in [6.07, 6.45) is 4.00. The van der Waals surface area contributed by atoms with Crippen molar-refractivity contribution in [3.8, 4) is 0 Å². The van der Waals surface area contributed by atoms with Crippen molar-refractivity contribution in [1.29, 1.82) is 0 Å². The van der Waals surface area contributed by atoms with E-state index in [9.17, 15) is 8.42 Å². The predicted molar refractivity (Wildman–Crippen MR) is 89.6 cm³/mol. The first-order valence-electron chi connectivity index (χ1n) is 7.15. The molecule has 0 bridgehead atoms. The molecule has 2 aromatic heterocycles. The highest BCUT2D eigenvalue weighted by molar-refractivity contribution is 7.89. The van der Waals surface area contributed by atoms with E-state index in [1.807, 2.05) is 19.1 Å². The van der Waals surface area contributed by atoms with Gasteiger partial charge in [-0.3, -0.25) is 4.98 Å². The Kier molecular flexibility index (Phi) is 4.38. The van der Waals surface area contributed by atoms with E-state index in [1.54, 1.807) is 37.6 Å². The van der Waals surface area contributed by atoms with Crippen LogP contribution in [0.25, 0.3) is 11.0 Å². The summed E-state index contributed by atoms with van der Waals surface area (Å²) in [5, 5.41) is 0. The van der Waals surface area contributed by atoms with Crippen LogP contribution in [0.4, 0.5) is 0 Å². The number of aromatic nitrogens is 3. The summed E-state index contributed by atoms with van der Waals surface area (Å²) >= 11 is 1.01. The summed E-state index contributed by atoms with van der Waals surface area (Å²) in [5.41, 5.74) is 1.94. The highest BCUT2D eigenvalue weighted by Crippen LogP contribution is 2.31. The highest BCUT2D eigenvalue weighted by Gasteiger charge is 2.30. The lowest BCUT2D eigenvalue weighted by Gasteiger charge is -2.27. The van der Waals surface area contributed by atoms with Crippen LogP contribution >= 0.6 is 11.7 Å². The van der Waals surface area contributed by atoms with E-state index in [1.165, 1.54) is 4.31 Å². The van der Waals surface area contributed by atoms with E-state index >= 15 is 0 Å². The second kappa shape index (κ2) is 6.31. The molecule has 0 amide bonds. The summed E-state index contributed by atoms with van der Waals surface area (Å²) in [7, 11) is -2.08. The quantitative estimate of drug-likeness (QED) is 0.708. The van der Waals surface area contributed by atoms with Gasteiger partial charge in [0.1, 0.15) is 15.9 Å². The van der Waals surface area contributed by atoms with E-state index in [0.29, 0.717) is 17.5 Å². The number of nitrogens with zero attached hydrogens (tertiary/aromatic N) is 4. The lowest BCUT2D eigenvalue weighted by Crippen LogP contribution is -2.31. The monoisotopic (exact) mass is 348 g/mol. The minimum absolute atomic E-state index is 0.193. The maximum absolute atomic E-state index is 13.1. The molecule has 1 aromatic carbocycles. The molecule has 0 saturated carbocycles. The third-order valence-corrected chi connectivity index (χ3v) is 6.26. The van der Waals surface area contributed by atoms with E-state index in [-0.39, 0.29) is 10.9 Å². The van der Waals surface area contributed by atoms with Crippen molar-refractivity contribution in [1.82, 2.24) is 18.0 Å². The maximum atomic E-state index is 13.1. The van der Waals surface area contributed by atoms with Crippen LogP contribution in [-0.4, -0.2) is 33.5 Å². The Morgan fingerprint density at radius 1 is 1.17 bits per heavy atom. The van der Waals surface area contributed by atoms with Gasteiger partial charge in [-0.25, -0.2) is 8.42 Å². The van der Waals surface area contributed by atoms with Gasteiger partial charge >= 0.3 is 0 Å². The number of fused-ring (bicyclic) bond motifs is 1. The van der Waals surface area contributed by atoms with Gasteiger partial charge in [-0.1, -0.05) is 13.0 Å². The molecule has 0 radical (unpaired) electrons. The second-order valence-electron chi connectivity index (χ2n) is 5.11. The van der Waals surface area contributed by atoms with Gasteiger partial charge in [0.2, 0.25) is 10.0 Å². The van der Waals surface area contributed by atoms with Crippen LogP contribution in [0, 0.1) is 0 Å². The van der Waals surface area contributed by atoms with Crippen LogP contribution in [0.1, 0.15) is 24.9 Å². The van der Waals surface area contributed by atoms with E-state index < -0.39 is 10.0 Å². The molecule has 0 aliphatic heterocycles. The Labute approximate surface area is 139 Å². The van der Waals surface area contributed by atoms with Crippen LogP contribution in [0.15, 0.2) is 47.6 Å². The molecule has 0 aliphatic carbocycles. The zero-order valence-electron chi connectivity index (χ0n) is 12.7. The molecule has 2 heterocycles. The van der Waals surface area contributed by atoms with Crippen molar-refractivity contribution in [2.75, 3.05) is 7.05 Å². The number of hydrogen-bond donors (Lipinski definition) is 0. The summed E-state index contributed by atoms with van der Waals surface area (Å²) < 4.78 is 35.8. The Balaban J connectivity index is 2.06. The van der Waals surface area contributed by atoms with Gasteiger partial charge in [-0.2, -0.15) is 13.1 Å². The topological polar surface area (TPSA) is 76.1 Å². The minimum atomic E-state index is -3.68. The number of pyridine rings is 1. The number of sulfonamides is 1. The average Bonchev–Trinajstić information content (AvgIpc) is 3.04. The fraction of sp³-hybridized carbons (Fsp3) is 0.267. The van der Waals surface area contributed by atoms with Gasteiger partial charge < -0.3 is 0 Å². The van der Waals surface area contributed by atoms with Crippen molar-refractivity contribution < 1.29 is 8.42 Å². The maximum Gasteiger partial charge on any atom is 0.245 e. The molecule has 8 heteroatoms. The van der Waals surface area contributed by atoms with Crippen molar-refractivity contribution in [3.63, 3.8) is 0 Å². The first-order valence-corrected chi connectivity index (χ1v) is 9.32. The van der Waals surface area contributed by atoms with Gasteiger partial charge in [0, 0.05) is 25.5 Å². The Morgan fingerprint density at radius 2 is 1.91 bits per heavy atom. The SMILES string of the molecule is CCC(c1ccncc1)N(C)S(=O)(=O)c1cccc2nsnc12. The third-order valence-electron chi connectivity index (χ3n) is 3.82. The molecule has 0 N–H and O–H groups in total. The van der Waals surface area contributed by atoms with E-state index in [0.717, 1.165) is 17.3 Å². The molecule has 0 aliphatic rings. The van der Waals surface area contributed by atoms with Crippen LogP contribution in [0.5, 0.6) is 0 Å². The van der Waals surface area contributed by atoms with Gasteiger partial charge in [-0.05, 0) is 36.2 Å². The van der Waals surface area contributed by atoms with Crippen LogP contribution in [-0.2, 0) is 10.0 Å². The standard InChI is InChI=1S/C15H16N4O2S2/c1-3-13(11-7-9-16-10-8-11)19(2)23(20,21)14-6-4-5-12-15(14)18-22-17-12/h4-10,13H,3H2,1-2H3. The Bertz CT molecular complexity index is 909. The highest BCUT2D eigenvalue weighted by atomic mass is 32.2. The average molecular weight is 348 g/mol. The van der Waals surface area contributed by atoms with E-state index in [2.05, 4.69) is 13.7 Å². The molecule has 6 nitrogen and oxygen atoms in total. The summed E-state index contributed by atoms with van der Waals surface area (Å²) in [4.78, 5) is 4.18. The van der Waals surface area contributed by atoms with Gasteiger partial charge in [0.25, 0.3) is 0 Å². The first-order chi connectivity index (χ1) is 11.1. The zero-order chi connectivity index (χ0) is 16.4. The van der Waals surface area contributed by atoms with Gasteiger partial charge in [0.05, 0.1) is 11.7 Å². The molecule has 3 rings (SSSR count). The fourth-order valence-corrected chi connectivity index (χ4v) is 4.77. The molecule has 0 spiro atoms. The van der Waals surface area contributed by atoms with Crippen LogP contribution in [0.2, 0.25) is 0 Å². The smallest absolute Gasteiger partial charge is 0.245 e. The van der Waals surface area contributed by atoms with E-state index in [4.69, 9.17) is 0 Å². The number of benzene rings is 1. The molecular formula is C15H16N4O2S2. The fourth-order valence-electron chi connectivity index (χ4n) is 2.60. The lowest BCUT2D eigenvalue weighted by atomic mass is 10.1. The molecular weight excluding hydrogens is 332 g/mol. The number of hydrogen-bond acceptors (Lipinski definition) is 6.